The minimum Gasteiger partial charge on any atom is -0.449 e. The molecule has 0 rings (SSSR count). The second-order valence-electron chi connectivity index (χ2n) is 4.21. The SMILES string of the molecule is COC(CNC(=O)OCCS(C)(C)C)OC. The molecule has 0 saturated carbocycles. The Labute approximate surface area is 99.1 Å². The number of hydrogen-bond donors (Lipinski definition) is 1. The van der Waals surface area contributed by atoms with E-state index >= 15 is 0 Å². The second kappa shape index (κ2) is 7.76. The third-order valence-electron chi connectivity index (χ3n) is 1.87. The van der Waals surface area contributed by atoms with Crippen molar-refractivity contribution in [3.8, 4) is 0 Å². The molecule has 0 atom stereocenters. The van der Waals surface area contributed by atoms with E-state index < -0.39 is 22.4 Å². The van der Waals surface area contributed by atoms with Gasteiger partial charge in [0.2, 0.25) is 0 Å². The number of amides is 1. The molecule has 0 heterocycles. The van der Waals surface area contributed by atoms with Crippen LogP contribution >= 0.6 is 10.0 Å². The van der Waals surface area contributed by atoms with Crippen molar-refractivity contribution in [1.29, 1.82) is 0 Å². The van der Waals surface area contributed by atoms with Gasteiger partial charge in [0.05, 0.1) is 6.54 Å². The Balaban J connectivity index is 3.59. The Hall–Kier alpha value is -0.460. The third-order valence-corrected chi connectivity index (χ3v) is 3.26. The number of methoxy groups -OCH3 is 2. The molecule has 0 aliphatic heterocycles. The first kappa shape index (κ1) is 15.5. The average Bonchev–Trinajstić information content (AvgIpc) is 2.17. The summed E-state index contributed by atoms with van der Waals surface area (Å²) in [5, 5.41) is 2.57. The molecule has 1 amide bonds. The summed E-state index contributed by atoms with van der Waals surface area (Å²) in [5.41, 5.74) is 0. The molecule has 0 spiro atoms. The Morgan fingerprint density at radius 1 is 1.25 bits per heavy atom. The molecule has 16 heavy (non-hydrogen) atoms. The molecule has 1 N–H and O–H groups in total. The van der Waals surface area contributed by atoms with Gasteiger partial charge in [-0.25, -0.2) is 14.8 Å². The molecule has 0 fully saturated rings. The number of carbonyl (C=O) groups is 1. The molecule has 5 nitrogen and oxygen atoms in total. The van der Waals surface area contributed by atoms with Crippen molar-refractivity contribution in [3.63, 3.8) is 0 Å². The summed E-state index contributed by atoms with van der Waals surface area (Å²) in [6.07, 6.45) is 5.68. The molecule has 0 bridgehead atoms. The molecule has 0 aliphatic rings. The standard InChI is InChI=1S/C10H23NO4S/c1-13-9(14-2)8-11-10(12)15-6-7-16(3,4)5/h9H,6-8H2,1-5H3,(H,11,12). The number of hydrogen-bond acceptors (Lipinski definition) is 4. The van der Waals surface area contributed by atoms with E-state index in [2.05, 4.69) is 24.1 Å². The lowest BCUT2D eigenvalue weighted by atomic mass is 10.6. The summed E-state index contributed by atoms with van der Waals surface area (Å²) in [6, 6.07) is 0. The zero-order chi connectivity index (χ0) is 12.6. The molecule has 98 valence electrons. The van der Waals surface area contributed by atoms with Crippen molar-refractivity contribution < 1.29 is 19.0 Å². The molecule has 0 aromatic carbocycles. The highest BCUT2D eigenvalue weighted by molar-refractivity contribution is 8.32. The second-order valence-corrected chi connectivity index (χ2v) is 8.80. The maximum atomic E-state index is 11.2. The van der Waals surface area contributed by atoms with Gasteiger partial charge in [0, 0.05) is 20.0 Å². The van der Waals surface area contributed by atoms with Gasteiger partial charge >= 0.3 is 6.09 Å². The molecule has 0 aromatic rings. The van der Waals surface area contributed by atoms with E-state index in [9.17, 15) is 4.79 Å². The highest BCUT2D eigenvalue weighted by atomic mass is 32.3. The van der Waals surface area contributed by atoms with Crippen molar-refractivity contribution in [2.45, 2.75) is 6.29 Å². The quantitative estimate of drug-likeness (QED) is 0.688. The lowest BCUT2D eigenvalue weighted by Gasteiger charge is -2.24. The molecule has 6 heteroatoms. The van der Waals surface area contributed by atoms with Crippen LogP contribution in [0.2, 0.25) is 0 Å². The van der Waals surface area contributed by atoms with Gasteiger partial charge in [-0.15, -0.1) is 0 Å². The smallest absolute Gasteiger partial charge is 0.407 e. The number of rotatable bonds is 7. The van der Waals surface area contributed by atoms with Crippen molar-refractivity contribution in [2.75, 3.05) is 51.9 Å². The summed E-state index contributed by atoms with van der Waals surface area (Å²) in [5.74, 6) is 0.915. The van der Waals surface area contributed by atoms with Crippen LogP contribution in [-0.4, -0.2) is 64.3 Å². The van der Waals surface area contributed by atoms with Crippen molar-refractivity contribution in [3.05, 3.63) is 0 Å². The first-order valence-corrected chi connectivity index (χ1v) is 8.04. The first-order valence-electron chi connectivity index (χ1n) is 5.01. The van der Waals surface area contributed by atoms with Crippen molar-refractivity contribution in [2.24, 2.45) is 0 Å². The van der Waals surface area contributed by atoms with E-state index in [4.69, 9.17) is 14.2 Å². The molecule has 0 saturated heterocycles. The van der Waals surface area contributed by atoms with Crippen LogP contribution in [-0.2, 0) is 14.2 Å². The highest BCUT2D eigenvalue weighted by Gasteiger charge is 2.09. The maximum absolute atomic E-state index is 11.2. The van der Waals surface area contributed by atoms with Crippen LogP contribution in [0.25, 0.3) is 0 Å². The van der Waals surface area contributed by atoms with Crippen LogP contribution in [0.3, 0.4) is 0 Å². The van der Waals surface area contributed by atoms with Crippen LogP contribution in [0, 0.1) is 0 Å². The summed E-state index contributed by atoms with van der Waals surface area (Å²) < 4.78 is 14.9. The fraction of sp³-hybridized carbons (Fsp3) is 0.900. The zero-order valence-corrected chi connectivity index (χ0v) is 11.6. The predicted molar refractivity (Wildman–Crippen MR) is 67.4 cm³/mol. The monoisotopic (exact) mass is 253 g/mol. The van der Waals surface area contributed by atoms with Gasteiger partial charge in [0.15, 0.2) is 6.29 Å². The van der Waals surface area contributed by atoms with E-state index in [-0.39, 0.29) is 6.54 Å². The van der Waals surface area contributed by atoms with Gasteiger partial charge in [-0.1, -0.05) is 0 Å². The summed E-state index contributed by atoms with van der Waals surface area (Å²) in [4.78, 5) is 11.2. The normalized spacial score (nSPS) is 12.6. The van der Waals surface area contributed by atoms with Gasteiger partial charge in [-0.3, -0.25) is 0 Å². The number of nitrogens with one attached hydrogen (secondary N) is 1. The molecule has 0 radical (unpaired) electrons. The van der Waals surface area contributed by atoms with Crippen molar-refractivity contribution in [1.82, 2.24) is 5.32 Å². The molecule has 0 aliphatic carbocycles. The number of carbonyl (C=O) groups excluding carboxylic acids is 1. The fourth-order valence-electron chi connectivity index (χ4n) is 0.865. The van der Waals surface area contributed by atoms with Crippen LogP contribution in [0.5, 0.6) is 0 Å². The zero-order valence-electron chi connectivity index (χ0n) is 10.7. The number of ether oxygens (including phenoxy) is 3. The molecule has 0 aromatic heterocycles. The Morgan fingerprint density at radius 3 is 2.25 bits per heavy atom. The predicted octanol–water partition coefficient (Wildman–Crippen LogP) is 1.03. The Morgan fingerprint density at radius 2 is 1.81 bits per heavy atom. The minimum atomic E-state index is -0.615. The van der Waals surface area contributed by atoms with Gasteiger partial charge in [0.1, 0.15) is 6.61 Å². The van der Waals surface area contributed by atoms with Crippen molar-refractivity contribution >= 4 is 16.1 Å². The van der Waals surface area contributed by atoms with Crippen LogP contribution in [0.4, 0.5) is 4.79 Å². The fourth-order valence-corrected chi connectivity index (χ4v) is 1.45. The Bertz CT molecular complexity index is 201. The van der Waals surface area contributed by atoms with Gasteiger partial charge in [-0.2, -0.15) is 0 Å². The van der Waals surface area contributed by atoms with E-state index in [0.29, 0.717) is 6.61 Å². The summed E-state index contributed by atoms with van der Waals surface area (Å²) >= 11 is 0. The number of alkyl carbamates (subject to hydrolysis) is 1. The van der Waals surface area contributed by atoms with Gasteiger partial charge in [0.25, 0.3) is 0 Å². The van der Waals surface area contributed by atoms with E-state index in [0.717, 1.165) is 5.75 Å². The largest absolute Gasteiger partial charge is 0.449 e. The summed E-state index contributed by atoms with van der Waals surface area (Å²) in [7, 11) is 2.42. The van der Waals surface area contributed by atoms with Gasteiger partial charge < -0.3 is 19.5 Å². The molecular weight excluding hydrogens is 230 g/mol. The maximum Gasteiger partial charge on any atom is 0.407 e. The lowest BCUT2D eigenvalue weighted by Crippen LogP contribution is -2.35. The molecular formula is C10H23NO4S. The van der Waals surface area contributed by atoms with Gasteiger partial charge in [-0.05, 0) is 18.8 Å². The van der Waals surface area contributed by atoms with Crippen LogP contribution in [0.1, 0.15) is 0 Å². The van der Waals surface area contributed by atoms with E-state index in [1.165, 1.54) is 14.2 Å². The lowest BCUT2D eigenvalue weighted by molar-refractivity contribution is -0.0979. The highest BCUT2D eigenvalue weighted by Crippen LogP contribution is 2.33. The van der Waals surface area contributed by atoms with E-state index in [1.54, 1.807) is 0 Å². The first-order chi connectivity index (χ1) is 7.39. The van der Waals surface area contributed by atoms with Crippen LogP contribution < -0.4 is 5.32 Å². The summed E-state index contributed by atoms with van der Waals surface area (Å²) in [6.45, 7) is 0.740. The topological polar surface area (TPSA) is 56.8 Å². The van der Waals surface area contributed by atoms with E-state index in [1.807, 2.05) is 0 Å². The Kier molecular flexibility index (Phi) is 7.53. The average molecular weight is 253 g/mol. The third kappa shape index (κ3) is 8.82. The minimum absolute atomic E-state index is 0.286. The van der Waals surface area contributed by atoms with Crippen LogP contribution in [0.15, 0.2) is 0 Å². The molecule has 0 unspecified atom stereocenters.